The second-order valence-electron chi connectivity index (χ2n) is 2.40. The fraction of sp³-hybridized carbons (Fsp3) is 1.00. The molecule has 0 atom stereocenters. The minimum absolute atomic E-state index is 0.0667. The van der Waals surface area contributed by atoms with Gasteiger partial charge in [-0.05, 0) is 6.04 Å². The van der Waals surface area contributed by atoms with Gasteiger partial charge in [0.2, 0.25) is 0 Å². The minimum Gasteiger partial charge on any atom is -0.396 e. The van der Waals surface area contributed by atoms with E-state index in [0.29, 0.717) is 18.5 Å². The lowest BCUT2D eigenvalue weighted by Gasteiger charge is -2.18. The first-order valence-electron chi connectivity index (χ1n) is 3.58. The molecule has 5 heteroatoms. The third kappa shape index (κ3) is 4.88. The zero-order valence-electron chi connectivity index (χ0n) is 6.44. The van der Waals surface area contributed by atoms with Crippen LogP contribution in [-0.2, 0) is 11.8 Å². The zero-order valence-corrected chi connectivity index (χ0v) is 8.15. The maximum atomic E-state index is 8.65. The summed E-state index contributed by atoms with van der Waals surface area (Å²) in [5, 5.41) is 26.0. The van der Waals surface area contributed by atoms with E-state index in [9.17, 15) is 0 Å². The summed E-state index contributed by atoms with van der Waals surface area (Å²) in [7, 11) is 0. The fourth-order valence-electron chi connectivity index (χ4n) is 0.882. The second kappa shape index (κ2) is 6.09. The van der Waals surface area contributed by atoms with Gasteiger partial charge >= 0.3 is 0 Å². The summed E-state index contributed by atoms with van der Waals surface area (Å²) in [6.45, 7) is 0.200. The van der Waals surface area contributed by atoms with Crippen molar-refractivity contribution >= 4 is 17.8 Å². The first kappa shape index (κ1) is 11.5. The summed E-state index contributed by atoms with van der Waals surface area (Å²) >= 11 is 5.23. The molecule has 0 aliphatic carbocycles. The molecule has 0 aliphatic rings. The Balaban J connectivity index is 3.91. The summed E-state index contributed by atoms with van der Waals surface area (Å²) in [4.78, 5) is 0. The molecule has 0 bridgehead atoms. The van der Waals surface area contributed by atoms with Gasteiger partial charge in [-0.25, -0.2) is 0 Å². The highest BCUT2D eigenvalue weighted by Gasteiger charge is 2.14. The van der Waals surface area contributed by atoms with E-state index in [0.717, 1.165) is 0 Å². The number of rotatable bonds is 6. The van der Waals surface area contributed by atoms with Crippen LogP contribution in [0, 0.1) is 0 Å². The lowest BCUT2D eigenvalue weighted by Crippen LogP contribution is -2.08. The van der Waals surface area contributed by atoms with E-state index in [1.807, 2.05) is 0 Å². The van der Waals surface area contributed by atoms with Crippen molar-refractivity contribution in [1.29, 1.82) is 0 Å². The maximum Gasteiger partial charge on any atom is 0.0477 e. The smallest absolute Gasteiger partial charge is 0.0477 e. The van der Waals surface area contributed by atoms with Crippen molar-refractivity contribution in [2.24, 2.45) is 0 Å². The third-order valence-electron chi connectivity index (χ3n) is 1.52. The van der Waals surface area contributed by atoms with Crippen LogP contribution in [0.15, 0.2) is 0 Å². The molecule has 0 aromatic carbocycles. The van der Waals surface area contributed by atoms with Crippen LogP contribution in [0.5, 0.6) is 0 Å². The van der Waals surface area contributed by atoms with Gasteiger partial charge in [0.25, 0.3) is 0 Å². The highest BCUT2D eigenvalue weighted by Crippen LogP contribution is 2.44. The molecule has 0 radical (unpaired) electrons. The molecule has 3 N–H and O–H groups in total. The summed E-state index contributed by atoms with van der Waals surface area (Å²) in [6, 6.07) is -1.64. The van der Waals surface area contributed by atoms with E-state index in [2.05, 4.69) is 0 Å². The van der Waals surface area contributed by atoms with Crippen LogP contribution in [0.1, 0.15) is 0 Å². The summed E-state index contributed by atoms with van der Waals surface area (Å²) < 4.78 is 0. The Morgan fingerprint density at radius 2 is 1.09 bits per heavy atom. The zero-order chi connectivity index (χ0) is 8.74. The lowest BCUT2D eigenvalue weighted by atomic mass is 10.8. The average Bonchev–Trinajstić information content (AvgIpc) is 1.88. The predicted octanol–water partition coefficient (Wildman–Crippen LogP) is -0.557. The van der Waals surface area contributed by atoms with E-state index in [4.69, 9.17) is 27.1 Å². The molecule has 0 amide bonds. The molecule has 68 valence electrons. The van der Waals surface area contributed by atoms with Crippen LogP contribution in [0.3, 0.4) is 0 Å². The molecule has 0 spiro atoms. The molecule has 0 saturated carbocycles. The molecule has 11 heavy (non-hydrogen) atoms. The largest absolute Gasteiger partial charge is 0.396 e. The Kier molecular flexibility index (Phi) is 6.38. The Morgan fingerprint density at radius 3 is 1.27 bits per heavy atom. The standard InChI is InChI=1S/C6H15O3PS/c7-1-4-10(11,5-2-8)6-3-9/h7-9H,1-6H2. The summed E-state index contributed by atoms with van der Waals surface area (Å²) in [5.41, 5.74) is 0. The van der Waals surface area contributed by atoms with Crippen LogP contribution < -0.4 is 0 Å². The number of aliphatic hydroxyl groups excluding tert-OH is 3. The van der Waals surface area contributed by atoms with Gasteiger partial charge in [-0.1, -0.05) is 11.8 Å². The molecule has 0 aliphatic heterocycles. The van der Waals surface area contributed by atoms with Crippen molar-refractivity contribution in [3.8, 4) is 0 Å². The highest BCUT2D eigenvalue weighted by atomic mass is 32.4. The Bertz CT molecular complexity index is 116. The lowest BCUT2D eigenvalue weighted by molar-refractivity contribution is 0.310. The maximum absolute atomic E-state index is 8.65. The van der Waals surface area contributed by atoms with Crippen molar-refractivity contribution in [3.63, 3.8) is 0 Å². The molecule has 0 saturated heterocycles. The summed E-state index contributed by atoms with van der Waals surface area (Å²) in [5.74, 6) is 0. The van der Waals surface area contributed by atoms with Crippen molar-refractivity contribution in [3.05, 3.63) is 0 Å². The van der Waals surface area contributed by atoms with Crippen molar-refractivity contribution in [2.45, 2.75) is 0 Å². The molecule has 0 aromatic rings. The topological polar surface area (TPSA) is 60.7 Å². The molecule has 0 fully saturated rings. The fourth-order valence-corrected chi connectivity index (χ4v) is 3.38. The van der Waals surface area contributed by atoms with Crippen molar-refractivity contribution < 1.29 is 15.3 Å². The Morgan fingerprint density at radius 1 is 0.818 bits per heavy atom. The van der Waals surface area contributed by atoms with E-state index >= 15 is 0 Å². The van der Waals surface area contributed by atoms with Gasteiger partial charge in [0.05, 0.1) is 0 Å². The van der Waals surface area contributed by atoms with E-state index < -0.39 is 6.04 Å². The summed E-state index contributed by atoms with van der Waals surface area (Å²) in [6.07, 6.45) is 1.72. The molecule has 0 heterocycles. The van der Waals surface area contributed by atoms with Crippen molar-refractivity contribution in [1.82, 2.24) is 0 Å². The molecule has 0 aromatic heterocycles. The van der Waals surface area contributed by atoms with E-state index in [-0.39, 0.29) is 19.8 Å². The quantitative estimate of drug-likeness (QED) is 0.501. The van der Waals surface area contributed by atoms with E-state index in [1.54, 1.807) is 0 Å². The Hall–Kier alpha value is 0.530. The predicted molar refractivity (Wildman–Crippen MR) is 50.1 cm³/mol. The number of aliphatic hydroxyl groups is 3. The molecular formula is C6H15O3PS. The van der Waals surface area contributed by atoms with Crippen LogP contribution in [0.4, 0.5) is 0 Å². The van der Waals surface area contributed by atoms with Crippen LogP contribution in [0.25, 0.3) is 0 Å². The van der Waals surface area contributed by atoms with Gasteiger partial charge < -0.3 is 15.3 Å². The van der Waals surface area contributed by atoms with Crippen LogP contribution in [-0.4, -0.2) is 53.6 Å². The monoisotopic (exact) mass is 198 g/mol. The van der Waals surface area contributed by atoms with Crippen LogP contribution in [0.2, 0.25) is 0 Å². The van der Waals surface area contributed by atoms with Crippen LogP contribution >= 0.6 is 6.04 Å². The first-order valence-corrected chi connectivity index (χ1v) is 6.94. The molecule has 0 rings (SSSR count). The first-order chi connectivity index (χ1) is 5.18. The second-order valence-corrected chi connectivity index (χ2v) is 8.18. The van der Waals surface area contributed by atoms with Gasteiger partial charge in [-0.2, -0.15) is 0 Å². The van der Waals surface area contributed by atoms with E-state index in [1.165, 1.54) is 0 Å². The minimum atomic E-state index is -1.64. The third-order valence-corrected chi connectivity index (χ3v) is 6.21. The normalized spacial score (nSPS) is 11.9. The molecule has 3 nitrogen and oxygen atoms in total. The van der Waals surface area contributed by atoms with Gasteiger partial charge in [0.15, 0.2) is 0 Å². The Labute approximate surface area is 72.1 Å². The van der Waals surface area contributed by atoms with Crippen molar-refractivity contribution in [2.75, 3.05) is 38.3 Å². The van der Waals surface area contributed by atoms with Gasteiger partial charge in [0.1, 0.15) is 0 Å². The molecular weight excluding hydrogens is 183 g/mol. The highest BCUT2D eigenvalue weighted by molar-refractivity contribution is 8.14. The average molecular weight is 198 g/mol. The number of hydrogen-bond donors (Lipinski definition) is 3. The van der Waals surface area contributed by atoms with Gasteiger partial charge in [-0.15, -0.1) is 0 Å². The van der Waals surface area contributed by atoms with Gasteiger partial charge in [-0.3, -0.25) is 0 Å². The van der Waals surface area contributed by atoms with Gasteiger partial charge in [0, 0.05) is 38.3 Å². The SMILES string of the molecule is OCCP(=S)(CCO)CCO. The number of hydrogen-bond acceptors (Lipinski definition) is 4. The molecule has 0 unspecified atom stereocenters.